The van der Waals surface area contributed by atoms with Gasteiger partial charge in [0.05, 0.1) is 11.8 Å². The van der Waals surface area contributed by atoms with Crippen LogP contribution < -0.4 is 9.80 Å². The van der Waals surface area contributed by atoms with Gasteiger partial charge in [-0.25, -0.2) is 0 Å². The third-order valence-electron chi connectivity index (χ3n) is 5.55. The van der Waals surface area contributed by atoms with E-state index in [1.807, 2.05) is 63.2 Å². The smallest absolute Gasteiger partial charge is 0.300 e. The number of Topliss-reactive ketones (excluding diaryl/α,β-unsaturated/α-hetero) is 1. The Bertz CT molecular complexity index is 1170. The zero-order chi connectivity index (χ0) is 22.3. The Morgan fingerprint density at radius 3 is 2.35 bits per heavy atom. The van der Waals surface area contributed by atoms with Crippen molar-refractivity contribution in [3.05, 3.63) is 88.9 Å². The molecule has 0 saturated carbocycles. The first-order chi connectivity index (χ1) is 14.8. The molecule has 0 aliphatic carbocycles. The second-order valence-corrected chi connectivity index (χ2v) is 7.91. The molecular weight excluding hydrogens is 392 g/mol. The van der Waals surface area contributed by atoms with Crippen LogP contribution in [0.2, 0.25) is 0 Å². The van der Waals surface area contributed by atoms with Crippen LogP contribution in [0, 0.1) is 13.8 Å². The summed E-state index contributed by atoms with van der Waals surface area (Å²) in [4.78, 5) is 29.6. The van der Waals surface area contributed by atoms with Crippen LogP contribution in [0.5, 0.6) is 0 Å². The van der Waals surface area contributed by atoms with Crippen LogP contribution in [0.3, 0.4) is 0 Å². The van der Waals surface area contributed by atoms with Gasteiger partial charge < -0.3 is 14.4 Å². The lowest BCUT2D eigenvalue weighted by Crippen LogP contribution is -2.29. The van der Waals surface area contributed by atoms with Gasteiger partial charge in [-0.05, 0) is 61.9 Å². The van der Waals surface area contributed by atoms with Gasteiger partial charge in [0.15, 0.2) is 0 Å². The number of furan rings is 1. The van der Waals surface area contributed by atoms with Gasteiger partial charge in [0.2, 0.25) is 0 Å². The first-order valence-corrected chi connectivity index (χ1v) is 9.99. The zero-order valence-electron chi connectivity index (χ0n) is 17.9. The third kappa shape index (κ3) is 3.50. The SMILES string of the molecule is Cc1ccc(C)c(/C(O)=C2/C(=O)C(=O)N(c3ccc(N(C)C)cc3)C2c2ccco2)c1. The lowest BCUT2D eigenvalue weighted by Gasteiger charge is -2.24. The van der Waals surface area contributed by atoms with Crippen molar-refractivity contribution in [3.8, 4) is 0 Å². The topological polar surface area (TPSA) is 74.0 Å². The predicted octanol–water partition coefficient (Wildman–Crippen LogP) is 4.59. The summed E-state index contributed by atoms with van der Waals surface area (Å²) in [6, 6.07) is 15.5. The molecule has 1 amide bonds. The molecule has 6 heteroatoms. The van der Waals surface area contributed by atoms with Crippen molar-refractivity contribution in [1.29, 1.82) is 0 Å². The monoisotopic (exact) mass is 416 g/mol. The Morgan fingerprint density at radius 1 is 1.03 bits per heavy atom. The highest BCUT2D eigenvalue weighted by Crippen LogP contribution is 2.42. The highest BCUT2D eigenvalue weighted by atomic mass is 16.3. The van der Waals surface area contributed by atoms with Crippen molar-refractivity contribution in [2.45, 2.75) is 19.9 Å². The Balaban J connectivity index is 1.91. The van der Waals surface area contributed by atoms with Crippen molar-refractivity contribution in [2.75, 3.05) is 23.9 Å². The van der Waals surface area contributed by atoms with E-state index < -0.39 is 17.7 Å². The number of aliphatic hydroxyl groups excluding tert-OH is 1. The number of benzene rings is 2. The van der Waals surface area contributed by atoms with Gasteiger partial charge in [0, 0.05) is 31.0 Å². The van der Waals surface area contributed by atoms with E-state index in [4.69, 9.17) is 4.42 Å². The van der Waals surface area contributed by atoms with Crippen molar-refractivity contribution in [1.82, 2.24) is 0 Å². The Morgan fingerprint density at radius 2 is 1.74 bits per heavy atom. The zero-order valence-corrected chi connectivity index (χ0v) is 17.9. The molecule has 3 aromatic rings. The molecule has 2 aromatic carbocycles. The Kier molecular flexibility index (Phi) is 5.15. The lowest BCUT2D eigenvalue weighted by molar-refractivity contribution is -0.132. The second kappa shape index (κ2) is 7.80. The van der Waals surface area contributed by atoms with Crippen LogP contribution in [0.1, 0.15) is 28.5 Å². The fourth-order valence-corrected chi connectivity index (χ4v) is 3.86. The summed E-state index contributed by atoms with van der Waals surface area (Å²) >= 11 is 0. The van der Waals surface area contributed by atoms with Crippen LogP contribution in [-0.2, 0) is 9.59 Å². The molecule has 0 spiro atoms. The molecule has 1 aliphatic rings. The van der Waals surface area contributed by atoms with E-state index in [0.717, 1.165) is 16.8 Å². The predicted molar refractivity (Wildman–Crippen MR) is 120 cm³/mol. The maximum Gasteiger partial charge on any atom is 0.300 e. The molecule has 0 bridgehead atoms. The molecule has 1 atom stereocenters. The van der Waals surface area contributed by atoms with Gasteiger partial charge in [0.25, 0.3) is 11.7 Å². The van der Waals surface area contributed by atoms with Gasteiger partial charge in [-0.2, -0.15) is 0 Å². The summed E-state index contributed by atoms with van der Waals surface area (Å²) in [5.74, 6) is -1.24. The summed E-state index contributed by atoms with van der Waals surface area (Å²) < 4.78 is 5.60. The first kappa shape index (κ1) is 20.5. The first-order valence-electron chi connectivity index (χ1n) is 9.99. The largest absolute Gasteiger partial charge is 0.507 e. The fourth-order valence-electron chi connectivity index (χ4n) is 3.86. The van der Waals surface area contributed by atoms with E-state index in [9.17, 15) is 14.7 Å². The van der Waals surface area contributed by atoms with Crippen LogP contribution in [-0.4, -0.2) is 30.9 Å². The second-order valence-electron chi connectivity index (χ2n) is 7.91. The van der Waals surface area contributed by atoms with Gasteiger partial charge in [0.1, 0.15) is 17.6 Å². The fraction of sp³-hybridized carbons (Fsp3) is 0.200. The standard InChI is InChI=1S/C25H24N2O4/c1-15-7-8-16(2)19(14-15)23(28)21-22(20-6-5-13-31-20)27(25(30)24(21)29)18-11-9-17(10-12-18)26(3)4/h5-14,22,28H,1-4H3/b23-21-. The maximum atomic E-state index is 13.1. The number of ketones is 1. The normalized spacial score (nSPS) is 17.9. The highest BCUT2D eigenvalue weighted by Gasteiger charge is 2.48. The lowest BCUT2D eigenvalue weighted by atomic mass is 9.96. The highest BCUT2D eigenvalue weighted by molar-refractivity contribution is 6.51. The molecule has 4 rings (SSSR count). The number of carbonyl (C=O) groups excluding carboxylic acids is 2. The van der Waals surface area contributed by atoms with Crippen molar-refractivity contribution in [3.63, 3.8) is 0 Å². The average molecular weight is 416 g/mol. The molecule has 0 radical (unpaired) electrons. The molecule has 1 N–H and O–H groups in total. The summed E-state index contributed by atoms with van der Waals surface area (Å²) in [6.07, 6.45) is 1.49. The number of rotatable bonds is 4. The quantitative estimate of drug-likeness (QED) is 0.383. The van der Waals surface area contributed by atoms with E-state index >= 15 is 0 Å². The minimum absolute atomic E-state index is 0.0188. The molecule has 31 heavy (non-hydrogen) atoms. The molecule has 1 saturated heterocycles. The number of amides is 1. The Hall–Kier alpha value is -3.80. The minimum atomic E-state index is -0.861. The molecule has 158 valence electrons. The third-order valence-corrected chi connectivity index (χ3v) is 5.55. The van der Waals surface area contributed by atoms with Gasteiger partial charge in [-0.15, -0.1) is 0 Å². The van der Waals surface area contributed by atoms with E-state index in [1.165, 1.54) is 11.2 Å². The maximum absolute atomic E-state index is 13.1. The van der Waals surface area contributed by atoms with E-state index in [1.54, 1.807) is 24.3 Å². The summed E-state index contributed by atoms with van der Waals surface area (Å²) in [5.41, 5.74) is 3.81. The number of anilines is 2. The summed E-state index contributed by atoms with van der Waals surface area (Å²) in [7, 11) is 3.85. The van der Waals surface area contributed by atoms with Crippen LogP contribution >= 0.6 is 0 Å². The van der Waals surface area contributed by atoms with Crippen molar-refractivity contribution < 1.29 is 19.1 Å². The van der Waals surface area contributed by atoms with Gasteiger partial charge in [-0.3, -0.25) is 14.5 Å². The molecule has 6 nitrogen and oxygen atoms in total. The summed E-state index contributed by atoms with van der Waals surface area (Å²) in [5, 5.41) is 11.2. The number of aliphatic hydroxyl groups is 1. The molecule has 2 heterocycles. The summed E-state index contributed by atoms with van der Waals surface area (Å²) in [6.45, 7) is 3.76. The van der Waals surface area contributed by atoms with Crippen LogP contribution in [0.15, 0.2) is 70.9 Å². The molecule has 1 fully saturated rings. The van der Waals surface area contributed by atoms with Crippen molar-refractivity contribution in [2.24, 2.45) is 0 Å². The molecule has 1 aliphatic heterocycles. The van der Waals surface area contributed by atoms with Gasteiger partial charge >= 0.3 is 0 Å². The molecule has 1 unspecified atom stereocenters. The number of aryl methyl sites for hydroxylation is 2. The van der Waals surface area contributed by atoms with Crippen LogP contribution in [0.25, 0.3) is 5.76 Å². The number of hydrogen-bond donors (Lipinski definition) is 1. The molecular formula is C25H24N2O4. The Labute approximate surface area is 181 Å². The number of hydrogen-bond acceptors (Lipinski definition) is 5. The van der Waals surface area contributed by atoms with Crippen molar-refractivity contribution >= 4 is 28.8 Å². The minimum Gasteiger partial charge on any atom is -0.507 e. The van der Waals surface area contributed by atoms with Crippen LogP contribution in [0.4, 0.5) is 11.4 Å². The van der Waals surface area contributed by atoms with E-state index in [0.29, 0.717) is 17.0 Å². The number of nitrogens with zero attached hydrogens (tertiary/aromatic N) is 2. The molecule has 1 aromatic heterocycles. The van der Waals surface area contributed by atoms with E-state index in [2.05, 4.69) is 0 Å². The van der Waals surface area contributed by atoms with E-state index in [-0.39, 0.29) is 11.3 Å². The van der Waals surface area contributed by atoms with Gasteiger partial charge in [-0.1, -0.05) is 17.7 Å². The average Bonchev–Trinajstić information content (AvgIpc) is 3.36. The number of carbonyl (C=O) groups is 2.